The van der Waals surface area contributed by atoms with E-state index in [0.717, 1.165) is 16.7 Å². The maximum atomic E-state index is 12.0. The first-order valence-electron chi connectivity index (χ1n) is 10.4. The van der Waals surface area contributed by atoms with Crippen LogP contribution in [-0.4, -0.2) is 54.1 Å². The Bertz CT molecular complexity index is 1160. The number of ether oxygens (including phenoxy) is 3. The van der Waals surface area contributed by atoms with Gasteiger partial charge in [-0.15, -0.1) is 11.8 Å². The molecule has 0 saturated carbocycles. The summed E-state index contributed by atoms with van der Waals surface area (Å²) in [6, 6.07) is 13.1. The number of amides is 1. The smallest absolute Gasteiger partial charge is 0.434 e. The van der Waals surface area contributed by atoms with E-state index < -0.39 is 6.09 Å². The molecule has 0 saturated heterocycles. The summed E-state index contributed by atoms with van der Waals surface area (Å²) in [5, 5.41) is 4.34. The van der Waals surface area contributed by atoms with Crippen LogP contribution in [0.25, 0.3) is 11.4 Å². The predicted octanol–water partition coefficient (Wildman–Crippen LogP) is 5.24. The monoisotopic (exact) mass is 482 g/mol. The number of carbonyl (C=O) groups is 1. The SMILES string of the molecule is CCOc1cc(COC)cc(C(=Nc2ccc(-c3noc(C)n3)cc2)C(=NC(=O)OC)SC)c1. The van der Waals surface area contributed by atoms with E-state index in [2.05, 4.69) is 15.1 Å². The highest BCUT2D eigenvalue weighted by Crippen LogP contribution is 2.25. The molecule has 10 heteroatoms. The zero-order valence-electron chi connectivity index (χ0n) is 19.7. The fourth-order valence-electron chi connectivity index (χ4n) is 3.09. The van der Waals surface area contributed by atoms with Crippen molar-refractivity contribution in [1.29, 1.82) is 0 Å². The van der Waals surface area contributed by atoms with E-state index in [9.17, 15) is 4.79 Å². The van der Waals surface area contributed by atoms with Gasteiger partial charge in [0.15, 0.2) is 0 Å². The third-order valence-corrected chi connectivity index (χ3v) is 5.19. The fraction of sp³-hybridized carbons (Fsp3) is 0.292. The van der Waals surface area contributed by atoms with Crippen LogP contribution in [0, 0.1) is 6.92 Å². The minimum absolute atomic E-state index is 0.392. The van der Waals surface area contributed by atoms with Crippen LogP contribution in [0.15, 0.2) is 57.0 Å². The molecule has 9 nitrogen and oxygen atoms in total. The molecule has 34 heavy (non-hydrogen) atoms. The van der Waals surface area contributed by atoms with Gasteiger partial charge < -0.3 is 18.7 Å². The highest BCUT2D eigenvalue weighted by molar-refractivity contribution is 8.15. The molecule has 178 valence electrons. The molecule has 0 spiro atoms. The van der Waals surface area contributed by atoms with Gasteiger partial charge in [-0.1, -0.05) is 5.16 Å². The van der Waals surface area contributed by atoms with Crippen molar-refractivity contribution in [2.24, 2.45) is 9.98 Å². The lowest BCUT2D eigenvalue weighted by atomic mass is 10.1. The number of rotatable bonds is 8. The summed E-state index contributed by atoms with van der Waals surface area (Å²) in [5.41, 5.74) is 3.58. The molecule has 0 aliphatic carbocycles. The molecule has 0 aliphatic rings. The lowest BCUT2D eigenvalue weighted by Crippen LogP contribution is -2.15. The van der Waals surface area contributed by atoms with Crippen LogP contribution < -0.4 is 4.74 Å². The predicted molar refractivity (Wildman–Crippen MR) is 132 cm³/mol. The number of aryl methyl sites for hydroxylation is 1. The van der Waals surface area contributed by atoms with Gasteiger partial charge in [-0.2, -0.15) is 9.98 Å². The van der Waals surface area contributed by atoms with Crippen molar-refractivity contribution < 1.29 is 23.5 Å². The Labute approximate surface area is 202 Å². The molecule has 1 heterocycles. The maximum Gasteiger partial charge on any atom is 0.434 e. The maximum absolute atomic E-state index is 12.0. The minimum Gasteiger partial charge on any atom is -0.494 e. The first-order chi connectivity index (χ1) is 16.5. The molecule has 0 aliphatic heterocycles. The van der Waals surface area contributed by atoms with E-state index in [1.165, 1.54) is 18.9 Å². The molecular weight excluding hydrogens is 456 g/mol. The van der Waals surface area contributed by atoms with Gasteiger partial charge in [0.25, 0.3) is 0 Å². The largest absolute Gasteiger partial charge is 0.494 e. The number of aromatic nitrogens is 2. The molecule has 0 atom stereocenters. The second kappa shape index (κ2) is 12.1. The normalized spacial score (nSPS) is 12.0. The average Bonchev–Trinajstić information content (AvgIpc) is 3.28. The van der Waals surface area contributed by atoms with E-state index in [1.54, 1.807) is 14.0 Å². The van der Waals surface area contributed by atoms with Gasteiger partial charge in [-0.05, 0) is 61.2 Å². The average molecular weight is 483 g/mol. The quantitative estimate of drug-likeness (QED) is 0.317. The molecule has 0 radical (unpaired) electrons. The van der Waals surface area contributed by atoms with E-state index in [4.69, 9.17) is 23.7 Å². The van der Waals surface area contributed by atoms with Crippen molar-refractivity contribution in [3.8, 4) is 17.1 Å². The van der Waals surface area contributed by atoms with Gasteiger partial charge >= 0.3 is 6.09 Å². The van der Waals surface area contributed by atoms with E-state index in [1.807, 2.05) is 55.6 Å². The zero-order valence-corrected chi connectivity index (χ0v) is 20.5. The van der Waals surface area contributed by atoms with E-state index >= 15 is 0 Å². The number of hydrogen-bond acceptors (Lipinski definition) is 9. The van der Waals surface area contributed by atoms with Crippen LogP contribution in [0.5, 0.6) is 5.75 Å². The summed E-state index contributed by atoms with van der Waals surface area (Å²) in [6.07, 6.45) is 1.11. The van der Waals surface area contributed by atoms with Gasteiger partial charge in [-0.25, -0.2) is 9.79 Å². The Morgan fingerprint density at radius 2 is 1.91 bits per heavy atom. The van der Waals surface area contributed by atoms with Gasteiger partial charge in [0.05, 0.1) is 26.0 Å². The molecule has 0 bridgehead atoms. The van der Waals surface area contributed by atoms with E-state index in [-0.39, 0.29) is 0 Å². The van der Waals surface area contributed by atoms with Crippen molar-refractivity contribution in [2.45, 2.75) is 20.5 Å². The van der Waals surface area contributed by atoms with Crippen LogP contribution in [-0.2, 0) is 16.1 Å². The summed E-state index contributed by atoms with van der Waals surface area (Å²) in [7, 11) is 2.91. The van der Waals surface area contributed by atoms with Crippen molar-refractivity contribution in [1.82, 2.24) is 10.1 Å². The summed E-state index contributed by atoms with van der Waals surface area (Å²) in [5.74, 6) is 1.66. The standard InChI is InChI=1S/C24H26N4O5S/c1-6-32-20-12-16(14-30-3)11-18(13-20)21(23(34-5)27-24(29)31-4)26-19-9-7-17(8-10-19)22-25-15(2)33-28-22/h7-13H,6,14H2,1-5H3. The first-order valence-corrected chi connectivity index (χ1v) is 11.7. The second-order valence-corrected chi connectivity index (χ2v) is 7.76. The highest BCUT2D eigenvalue weighted by Gasteiger charge is 2.17. The lowest BCUT2D eigenvalue weighted by Gasteiger charge is -2.13. The Kier molecular flexibility index (Phi) is 8.94. The van der Waals surface area contributed by atoms with Crippen LogP contribution in [0.2, 0.25) is 0 Å². The summed E-state index contributed by atoms with van der Waals surface area (Å²) >= 11 is 1.29. The van der Waals surface area contributed by atoms with Crippen LogP contribution in [0.4, 0.5) is 10.5 Å². The molecular formula is C24H26N4O5S. The van der Waals surface area contributed by atoms with Gasteiger partial charge in [-0.3, -0.25) is 0 Å². The molecule has 1 aromatic heterocycles. The zero-order chi connectivity index (χ0) is 24.5. The molecule has 0 unspecified atom stereocenters. The number of thioether (sulfide) groups is 1. The molecule has 3 aromatic rings. The summed E-state index contributed by atoms with van der Waals surface area (Å²) in [6.45, 7) is 4.55. The van der Waals surface area contributed by atoms with Gasteiger partial charge in [0.1, 0.15) is 16.5 Å². The number of carbonyl (C=O) groups excluding carboxylic acids is 1. The second-order valence-electron chi connectivity index (χ2n) is 6.97. The van der Waals surface area contributed by atoms with Crippen LogP contribution in [0.1, 0.15) is 23.9 Å². The number of methoxy groups -OCH3 is 2. The molecule has 1 amide bonds. The van der Waals surface area contributed by atoms with Crippen molar-refractivity contribution in [3.05, 3.63) is 59.5 Å². The van der Waals surface area contributed by atoms with Gasteiger partial charge in [0.2, 0.25) is 11.7 Å². The third kappa shape index (κ3) is 6.52. The lowest BCUT2D eigenvalue weighted by molar-refractivity contribution is 0.182. The van der Waals surface area contributed by atoms with Crippen molar-refractivity contribution in [2.75, 3.05) is 27.1 Å². The number of benzene rings is 2. The van der Waals surface area contributed by atoms with E-state index in [0.29, 0.717) is 47.1 Å². The summed E-state index contributed by atoms with van der Waals surface area (Å²) < 4.78 is 20.9. The Morgan fingerprint density at radius 1 is 1.15 bits per heavy atom. The number of aliphatic imine (C=N–C) groups is 2. The molecule has 0 fully saturated rings. The summed E-state index contributed by atoms with van der Waals surface area (Å²) in [4.78, 5) is 25.1. The molecule has 3 rings (SSSR count). The number of hydrogen-bond donors (Lipinski definition) is 0. The fourth-order valence-corrected chi connectivity index (χ4v) is 3.61. The Hall–Kier alpha value is -3.50. The topological polar surface area (TPSA) is 108 Å². The molecule has 2 aromatic carbocycles. The van der Waals surface area contributed by atoms with Gasteiger partial charge in [0, 0.05) is 25.2 Å². The van der Waals surface area contributed by atoms with Crippen LogP contribution in [0.3, 0.4) is 0 Å². The van der Waals surface area contributed by atoms with Crippen LogP contribution >= 0.6 is 11.8 Å². The van der Waals surface area contributed by atoms with Crippen molar-refractivity contribution >= 4 is 34.3 Å². The Morgan fingerprint density at radius 3 is 2.50 bits per heavy atom. The molecule has 0 N–H and O–H groups in total. The minimum atomic E-state index is -0.710. The van der Waals surface area contributed by atoms with Crippen molar-refractivity contribution in [3.63, 3.8) is 0 Å². The number of nitrogens with zero attached hydrogens (tertiary/aromatic N) is 4. The third-order valence-electron chi connectivity index (χ3n) is 4.52. The Balaban J connectivity index is 2.11. The first kappa shape index (κ1) is 25.1. The highest BCUT2D eigenvalue weighted by atomic mass is 32.2.